The molecule has 106 valence electrons. The van der Waals surface area contributed by atoms with Crippen LogP contribution in [0.3, 0.4) is 0 Å². The molecule has 3 aromatic rings. The zero-order chi connectivity index (χ0) is 15.0. The summed E-state index contributed by atoms with van der Waals surface area (Å²) in [5.41, 5.74) is 7.73. The highest BCUT2D eigenvalue weighted by molar-refractivity contribution is 7.12. The van der Waals surface area contributed by atoms with Crippen LogP contribution < -0.4 is 5.73 Å². The van der Waals surface area contributed by atoms with Gasteiger partial charge in [0.25, 0.3) is 0 Å². The molecular weight excluding hydrogens is 290 g/mol. The number of hydrogen-bond acceptors (Lipinski definition) is 6. The lowest BCUT2D eigenvalue weighted by Crippen LogP contribution is -2.04. The minimum Gasteiger partial charge on any atom is -0.464 e. The molecule has 7 heteroatoms. The highest BCUT2D eigenvalue weighted by Gasteiger charge is 2.19. The molecule has 0 aliphatic heterocycles. The number of carbonyl (C=O) groups excluding carboxylic acids is 2. The van der Waals surface area contributed by atoms with Crippen LogP contribution in [0.4, 0.5) is 5.69 Å². The summed E-state index contributed by atoms with van der Waals surface area (Å²) in [7, 11) is 1.27. The molecule has 0 saturated heterocycles. The third-order valence-electron chi connectivity index (χ3n) is 3.04. The van der Waals surface area contributed by atoms with Crippen LogP contribution in [0.25, 0.3) is 10.9 Å². The Labute approximate surface area is 123 Å². The number of nitrogen functional groups attached to an aromatic ring is 1. The first-order valence-corrected chi connectivity index (χ1v) is 6.93. The molecule has 6 nitrogen and oxygen atoms in total. The number of H-pyrrole nitrogens is 1. The Morgan fingerprint density at radius 2 is 2.19 bits per heavy atom. The van der Waals surface area contributed by atoms with E-state index in [0.717, 1.165) is 22.2 Å². The molecule has 0 atom stereocenters. The standard InChI is InChI=1S/C14H11N3O3S/c1-20-14(19)11-6-21-13(17-11)12(18)9-5-16-10-4-7(15)2-3-8(9)10/h2-6,16H,15H2,1H3. The van der Waals surface area contributed by atoms with Crippen molar-refractivity contribution < 1.29 is 14.3 Å². The minimum atomic E-state index is -0.558. The van der Waals surface area contributed by atoms with Gasteiger partial charge in [-0.3, -0.25) is 4.79 Å². The second-order valence-corrected chi connectivity index (χ2v) is 5.22. The van der Waals surface area contributed by atoms with Gasteiger partial charge in [-0.1, -0.05) is 6.07 Å². The van der Waals surface area contributed by atoms with Crippen molar-refractivity contribution in [2.75, 3.05) is 12.8 Å². The van der Waals surface area contributed by atoms with Crippen LogP contribution in [0.15, 0.2) is 29.8 Å². The monoisotopic (exact) mass is 301 g/mol. The highest BCUT2D eigenvalue weighted by Crippen LogP contribution is 2.24. The number of hydrogen-bond donors (Lipinski definition) is 2. The number of rotatable bonds is 3. The van der Waals surface area contributed by atoms with Crippen LogP contribution in [0, 0.1) is 0 Å². The van der Waals surface area contributed by atoms with Crippen molar-refractivity contribution in [3.05, 3.63) is 46.0 Å². The number of benzene rings is 1. The summed E-state index contributed by atoms with van der Waals surface area (Å²) in [6, 6.07) is 5.27. The smallest absolute Gasteiger partial charge is 0.357 e. The molecule has 0 amide bonds. The summed E-state index contributed by atoms with van der Waals surface area (Å²) in [5, 5.41) is 2.52. The summed E-state index contributed by atoms with van der Waals surface area (Å²) in [6.07, 6.45) is 1.62. The first-order chi connectivity index (χ1) is 10.1. The normalized spacial score (nSPS) is 10.7. The average Bonchev–Trinajstić information content (AvgIpc) is 3.12. The summed E-state index contributed by atoms with van der Waals surface area (Å²) in [6.45, 7) is 0. The second-order valence-electron chi connectivity index (χ2n) is 4.37. The SMILES string of the molecule is COC(=O)c1csc(C(=O)c2c[nH]c3cc(N)ccc23)n1. The largest absolute Gasteiger partial charge is 0.464 e. The lowest BCUT2D eigenvalue weighted by molar-refractivity contribution is 0.0595. The fourth-order valence-corrected chi connectivity index (χ4v) is 2.76. The van der Waals surface area contributed by atoms with E-state index in [0.29, 0.717) is 11.3 Å². The van der Waals surface area contributed by atoms with Gasteiger partial charge in [0.15, 0.2) is 10.7 Å². The number of nitrogens with zero attached hydrogens (tertiary/aromatic N) is 1. The Morgan fingerprint density at radius 1 is 1.38 bits per heavy atom. The van der Waals surface area contributed by atoms with E-state index < -0.39 is 5.97 Å². The number of nitrogens with one attached hydrogen (secondary N) is 1. The second kappa shape index (κ2) is 5.02. The first kappa shape index (κ1) is 13.3. The molecule has 2 heterocycles. The molecule has 0 aliphatic rings. The van der Waals surface area contributed by atoms with Crippen molar-refractivity contribution in [1.29, 1.82) is 0 Å². The van der Waals surface area contributed by atoms with E-state index in [-0.39, 0.29) is 16.5 Å². The van der Waals surface area contributed by atoms with Gasteiger partial charge >= 0.3 is 5.97 Å². The van der Waals surface area contributed by atoms with Crippen molar-refractivity contribution in [2.45, 2.75) is 0 Å². The van der Waals surface area contributed by atoms with Crippen molar-refractivity contribution in [3.63, 3.8) is 0 Å². The Kier molecular flexibility index (Phi) is 3.19. The molecule has 2 aromatic heterocycles. The van der Waals surface area contributed by atoms with Gasteiger partial charge < -0.3 is 15.5 Å². The van der Waals surface area contributed by atoms with Crippen LogP contribution in [-0.4, -0.2) is 28.8 Å². The number of ether oxygens (including phenoxy) is 1. The van der Waals surface area contributed by atoms with E-state index in [9.17, 15) is 9.59 Å². The molecule has 21 heavy (non-hydrogen) atoms. The lowest BCUT2D eigenvalue weighted by Gasteiger charge is -1.97. The number of nitrogens with two attached hydrogens (primary N) is 1. The number of thiazole rings is 1. The quantitative estimate of drug-likeness (QED) is 0.439. The van der Waals surface area contributed by atoms with Gasteiger partial charge in [-0.25, -0.2) is 9.78 Å². The van der Waals surface area contributed by atoms with Crippen molar-refractivity contribution in [3.8, 4) is 0 Å². The van der Waals surface area contributed by atoms with Crippen LogP contribution in [0.1, 0.15) is 25.9 Å². The predicted molar refractivity (Wildman–Crippen MR) is 79.6 cm³/mol. The van der Waals surface area contributed by atoms with E-state index in [1.54, 1.807) is 24.4 Å². The number of fused-ring (bicyclic) bond motifs is 1. The summed E-state index contributed by atoms with van der Waals surface area (Å²) in [4.78, 5) is 30.9. The van der Waals surface area contributed by atoms with Crippen LogP contribution in [-0.2, 0) is 4.74 Å². The number of carbonyl (C=O) groups is 2. The number of aromatic amines is 1. The molecule has 0 fully saturated rings. The Morgan fingerprint density at radius 3 is 2.95 bits per heavy atom. The van der Waals surface area contributed by atoms with Crippen LogP contribution >= 0.6 is 11.3 Å². The van der Waals surface area contributed by atoms with Gasteiger partial charge in [-0.2, -0.15) is 0 Å². The van der Waals surface area contributed by atoms with Crippen molar-refractivity contribution in [2.24, 2.45) is 0 Å². The summed E-state index contributed by atoms with van der Waals surface area (Å²) >= 11 is 1.11. The van der Waals surface area contributed by atoms with E-state index in [1.165, 1.54) is 12.5 Å². The number of methoxy groups -OCH3 is 1. The highest BCUT2D eigenvalue weighted by atomic mass is 32.1. The molecule has 1 aromatic carbocycles. The van der Waals surface area contributed by atoms with Gasteiger partial charge in [0, 0.05) is 28.2 Å². The van der Waals surface area contributed by atoms with Crippen LogP contribution in [0.2, 0.25) is 0 Å². The van der Waals surface area contributed by atoms with Crippen LogP contribution in [0.5, 0.6) is 0 Å². The van der Waals surface area contributed by atoms with Gasteiger partial charge in [0.2, 0.25) is 5.78 Å². The van der Waals surface area contributed by atoms with E-state index in [2.05, 4.69) is 14.7 Å². The third-order valence-corrected chi connectivity index (χ3v) is 3.88. The maximum atomic E-state index is 12.5. The molecular formula is C14H11N3O3S. The zero-order valence-electron chi connectivity index (χ0n) is 11.0. The molecule has 0 saturated carbocycles. The minimum absolute atomic E-state index is 0.134. The van der Waals surface area contributed by atoms with E-state index >= 15 is 0 Å². The number of aromatic nitrogens is 2. The first-order valence-electron chi connectivity index (χ1n) is 6.05. The fraction of sp³-hybridized carbons (Fsp3) is 0.0714. The molecule has 0 bridgehead atoms. The van der Waals surface area contributed by atoms with Gasteiger partial charge in [0.1, 0.15) is 0 Å². The summed E-state index contributed by atoms with van der Waals surface area (Å²) < 4.78 is 4.58. The number of ketones is 1. The van der Waals surface area contributed by atoms with Gasteiger partial charge in [0.05, 0.1) is 12.7 Å². The van der Waals surface area contributed by atoms with E-state index in [4.69, 9.17) is 5.73 Å². The fourth-order valence-electron chi connectivity index (χ4n) is 2.02. The maximum Gasteiger partial charge on any atom is 0.357 e. The maximum absolute atomic E-state index is 12.5. The Balaban J connectivity index is 2.00. The third kappa shape index (κ3) is 2.27. The number of esters is 1. The molecule has 0 aliphatic carbocycles. The molecule has 3 rings (SSSR count). The average molecular weight is 301 g/mol. The van der Waals surface area contributed by atoms with Crippen molar-refractivity contribution >= 4 is 39.7 Å². The van der Waals surface area contributed by atoms with E-state index in [1.807, 2.05) is 0 Å². The molecule has 0 spiro atoms. The van der Waals surface area contributed by atoms with Crippen molar-refractivity contribution in [1.82, 2.24) is 9.97 Å². The predicted octanol–water partition coefficient (Wildman–Crippen LogP) is 2.22. The topological polar surface area (TPSA) is 98.1 Å². The molecule has 0 radical (unpaired) electrons. The van der Waals surface area contributed by atoms with Gasteiger partial charge in [-0.05, 0) is 12.1 Å². The lowest BCUT2D eigenvalue weighted by atomic mass is 10.1. The Hall–Kier alpha value is -2.67. The molecule has 3 N–H and O–H groups in total. The Bertz CT molecular complexity index is 850. The zero-order valence-corrected chi connectivity index (χ0v) is 11.9. The molecule has 0 unspecified atom stereocenters. The summed E-state index contributed by atoms with van der Waals surface area (Å²) in [5.74, 6) is -0.803. The van der Waals surface area contributed by atoms with Gasteiger partial charge in [-0.15, -0.1) is 11.3 Å². The number of anilines is 1.